The van der Waals surface area contributed by atoms with E-state index in [1.165, 1.54) is 24.2 Å². The Morgan fingerprint density at radius 2 is 2.04 bits per heavy atom. The molecule has 1 heterocycles. The van der Waals surface area contributed by atoms with Crippen LogP contribution in [0.2, 0.25) is 0 Å². The van der Waals surface area contributed by atoms with Crippen molar-refractivity contribution >= 4 is 28.6 Å². The highest BCUT2D eigenvalue weighted by molar-refractivity contribution is 7.99. The Balaban J connectivity index is 1.50. The number of thioether (sulfide) groups is 1. The number of benzene rings is 2. The van der Waals surface area contributed by atoms with E-state index >= 15 is 0 Å². The number of rotatable bonds is 7. The molecule has 5 nitrogen and oxygen atoms in total. The molecule has 2 N–H and O–H groups in total. The van der Waals surface area contributed by atoms with E-state index in [1.54, 1.807) is 24.3 Å². The third-order valence-electron chi connectivity index (χ3n) is 3.73. The zero-order valence-electron chi connectivity index (χ0n) is 14.2. The summed E-state index contributed by atoms with van der Waals surface area (Å²) in [7, 11) is 0. The Kier molecular flexibility index (Phi) is 5.40. The smallest absolute Gasteiger partial charge is 0.166 e. The molecular weight excluding hydrogens is 336 g/mol. The number of hydrogen-bond donors (Lipinski definition) is 2. The average molecular weight is 356 g/mol. The molecule has 3 aromatic rings. The number of aromatic nitrogens is 2. The maximum atomic E-state index is 11.2. The van der Waals surface area contributed by atoms with Crippen LogP contribution in [0.4, 0.5) is 0 Å². The number of H-pyrrole nitrogens is 1. The Morgan fingerprint density at radius 3 is 2.76 bits per heavy atom. The highest BCUT2D eigenvalue weighted by Crippen LogP contribution is 2.21. The number of fused-ring (bicyclic) bond motifs is 1. The molecule has 0 amide bonds. The van der Waals surface area contributed by atoms with Crippen LogP contribution in [-0.4, -0.2) is 39.3 Å². The van der Waals surface area contributed by atoms with Crippen molar-refractivity contribution in [3.63, 3.8) is 0 Å². The predicted molar refractivity (Wildman–Crippen MR) is 99.5 cm³/mol. The molecule has 3 rings (SSSR count). The van der Waals surface area contributed by atoms with Crippen LogP contribution in [0, 0.1) is 6.92 Å². The number of aryl methyl sites for hydroxylation is 1. The highest BCUT2D eigenvalue weighted by Gasteiger charge is 2.10. The molecule has 25 heavy (non-hydrogen) atoms. The third-order valence-corrected chi connectivity index (χ3v) is 4.75. The van der Waals surface area contributed by atoms with Crippen LogP contribution in [0.3, 0.4) is 0 Å². The van der Waals surface area contributed by atoms with Gasteiger partial charge in [-0.05, 0) is 55.8 Å². The van der Waals surface area contributed by atoms with Crippen molar-refractivity contribution in [3.8, 4) is 5.75 Å². The van der Waals surface area contributed by atoms with Crippen molar-refractivity contribution in [1.82, 2.24) is 9.97 Å². The standard InChI is InChI=1S/C19H20N2O3S/c1-12-3-8-17-18(9-12)21-19(20-17)25-11-15(23)10-24-16-6-4-14(5-7-16)13(2)22/h3-9,15,23H,10-11H2,1-2H3,(H,20,21). The molecule has 0 aliphatic heterocycles. The van der Waals surface area contributed by atoms with Gasteiger partial charge in [0.1, 0.15) is 12.4 Å². The Labute approximate surface area is 150 Å². The van der Waals surface area contributed by atoms with Crippen molar-refractivity contribution in [1.29, 1.82) is 0 Å². The Bertz CT molecular complexity index is 874. The minimum absolute atomic E-state index is 0.0176. The van der Waals surface area contributed by atoms with E-state index in [-0.39, 0.29) is 12.4 Å². The molecule has 0 saturated carbocycles. The number of Topliss-reactive ketones (excluding diaryl/α,β-unsaturated/α-hetero) is 1. The lowest BCUT2D eigenvalue weighted by Gasteiger charge is -2.11. The predicted octanol–water partition coefficient (Wildman–Crippen LogP) is 3.61. The summed E-state index contributed by atoms with van der Waals surface area (Å²) < 4.78 is 5.56. The van der Waals surface area contributed by atoms with E-state index in [1.807, 2.05) is 19.1 Å². The molecule has 0 fully saturated rings. The quantitative estimate of drug-likeness (QED) is 0.500. The lowest BCUT2D eigenvalue weighted by Crippen LogP contribution is -2.20. The number of hydrogen-bond acceptors (Lipinski definition) is 5. The first-order valence-electron chi connectivity index (χ1n) is 8.02. The van der Waals surface area contributed by atoms with E-state index in [2.05, 4.69) is 16.0 Å². The van der Waals surface area contributed by atoms with Gasteiger partial charge in [0.2, 0.25) is 0 Å². The summed E-state index contributed by atoms with van der Waals surface area (Å²) in [6.45, 7) is 3.75. The normalized spacial score (nSPS) is 12.3. The molecule has 6 heteroatoms. The lowest BCUT2D eigenvalue weighted by molar-refractivity contribution is 0.101. The van der Waals surface area contributed by atoms with Crippen molar-refractivity contribution in [2.75, 3.05) is 12.4 Å². The highest BCUT2D eigenvalue weighted by atomic mass is 32.2. The van der Waals surface area contributed by atoms with Crippen LogP contribution < -0.4 is 4.74 Å². The molecular formula is C19H20N2O3S. The average Bonchev–Trinajstić information content (AvgIpc) is 3.00. The van der Waals surface area contributed by atoms with E-state index < -0.39 is 6.10 Å². The van der Waals surface area contributed by atoms with Crippen LogP contribution in [0.25, 0.3) is 11.0 Å². The van der Waals surface area contributed by atoms with Crippen LogP contribution in [-0.2, 0) is 0 Å². The summed E-state index contributed by atoms with van der Waals surface area (Å²) in [5.74, 6) is 1.13. The van der Waals surface area contributed by atoms with Crippen molar-refractivity contribution in [3.05, 3.63) is 53.6 Å². The third kappa shape index (κ3) is 4.61. The number of nitrogens with one attached hydrogen (secondary N) is 1. The van der Waals surface area contributed by atoms with Crippen LogP contribution in [0.1, 0.15) is 22.8 Å². The maximum absolute atomic E-state index is 11.2. The van der Waals surface area contributed by atoms with Gasteiger partial charge in [0.05, 0.1) is 17.1 Å². The number of aliphatic hydroxyl groups is 1. The zero-order chi connectivity index (χ0) is 17.8. The first-order valence-corrected chi connectivity index (χ1v) is 9.01. The first kappa shape index (κ1) is 17.5. The van der Waals surface area contributed by atoms with E-state index in [0.717, 1.165) is 16.2 Å². The summed E-state index contributed by atoms with van der Waals surface area (Å²) in [6, 6.07) is 13.0. The van der Waals surface area contributed by atoms with Gasteiger partial charge in [-0.3, -0.25) is 4.79 Å². The van der Waals surface area contributed by atoms with Crippen LogP contribution >= 0.6 is 11.8 Å². The van der Waals surface area contributed by atoms with E-state index in [4.69, 9.17) is 4.74 Å². The second kappa shape index (κ2) is 7.72. The first-order chi connectivity index (χ1) is 12.0. The van der Waals surface area contributed by atoms with Crippen molar-refractivity contribution in [2.45, 2.75) is 25.1 Å². The largest absolute Gasteiger partial charge is 0.491 e. The number of aliphatic hydroxyl groups excluding tert-OH is 1. The van der Waals surface area contributed by atoms with Crippen LogP contribution in [0.15, 0.2) is 47.6 Å². The maximum Gasteiger partial charge on any atom is 0.166 e. The molecule has 0 radical (unpaired) electrons. The molecule has 1 aromatic heterocycles. The number of aromatic amines is 1. The van der Waals surface area contributed by atoms with Crippen LogP contribution in [0.5, 0.6) is 5.75 Å². The minimum atomic E-state index is -0.618. The summed E-state index contributed by atoms with van der Waals surface area (Å²) in [5, 5.41) is 10.9. The van der Waals surface area contributed by atoms with E-state index in [9.17, 15) is 9.90 Å². The summed E-state index contributed by atoms with van der Waals surface area (Å²) in [5.41, 5.74) is 3.74. The number of ether oxygens (including phenoxy) is 1. The molecule has 130 valence electrons. The number of carbonyl (C=O) groups excluding carboxylic acids is 1. The monoisotopic (exact) mass is 356 g/mol. The fourth-order valence-corrected chi connectivity index (χ4v) is 3.16. The lowest BCUT2D eigenvalue weighted by atomic mass is 10.1. The van der Waals surface area contributed by atoms with E-state index in [0.29, 0.717) is 17.1 Å². The molecule has 1 unspecified atom stereocenters. The van der Waals surface area contributed by atoms with Gasteiger partial charge in [-0.1, -0.05) is 17.8 Å². The number of ketones is 1. The van der Waals surface area contributed by atoms with Gasteiger partial charge in [-0.25, -0.2) is 4.98 Å². The molecule has 2 aromatic carbocycles. The SMILES string of the molecule is CC(=O)c1ccc(OCC(O)CSc2nc3ccc(C)cc3[nH]2)cc1. The molecule has 0 spiro atoms. The summed E-state index contributed by atoms with van der Waals surface area (Å²) >= 11 is 1.46. The molecule has 0 aliphatic rings. The minimum Gasteiger partial charge on any atom is -0.491 e. The summed E-state index contributed by atoms with van der Waals surface area (Å²) in [6.07, 6.45) is -0.618. The van der Waals surface area contributed by atoms with Gasteiger partial charge < -0.3 is 14.8 Å². The second-order valence-electron chi connectivity index (χ2n) is 5.92. The molecule has 0 bridgehead atoms. The summed E-state index contributed by atoms with van der Waals surface area (Å²) in [4.78, 5) is 19.0. The van der Waals surface area contributed by atoms with Gasteiger partial charge in [0.15, 0.2) is 10.9 Å². The number of imidazole rings is 1. The van der Waals surface area contributed by atoms with Crippen molar-refractivity contribution in [2.24, 2.45) is 0 Å². The Morgan fingerprint density at radius 1 is 1.28 bits per heavy atom. The van der Waals surface area contributed by atoms with Gasteiger partial charge in [0, 0.05) is 11.3 Å². The zero-order valence-corrected chi connectivity index (χ0v) is 15.0. The molecule has 0 saturated heterocycles. The molecule has 0 aliphatic carbocycles. The van der Waals surface area contributed by atoms with Gasteiger partial charge in [-0.2, -0.15) is 0 Å². The number of carbonyl (C=O) groups is 1. The second-order valence-corrected chi connectivity index (χ2v) is 6.93. The number of nitrogens with zero attached hydrogens (tertiary/aromatic N) is 1. The molecule has 1 atom stereocenters. The van der Waals surface area contributed by atoms with Gasteiger partial charge in [0.25, 0.3) is 0 Å². The fraction of sp³-hybridized carbons (Fsp3) is 0.263. The Hall–Kier alpha value is -2.31. The van der Waals surface area contributed by atoms with Gasteiger partial charge >= 0.3 is 0 Å². The van der Waals surface area contributed by atoms with Crippen molar-refractivity contribution < 1.29 is 14.6 Å². The van der Waals surface area contributed by atoms with Gasteiger partial charge in [-0.15, -0.1) is 0 Å². The topological polar surface area (TPSA) is 75.2 Å². The fourth-order valence-electron chi connectivity index (χ4n) is 2.37.